The van der Waals surface area contributed by atoms with E-state index in [0.717, 1.165) is 23.1 Å². The van der Waals surface area contributed by atoms with Gasteiger partial charge in [-0.05, 0) is 36.4 Å². The Morgan fingerprint density at radius 1 is 1.07 bits per heavy atom. The number of carbonyl (C=O) groups excluding carboxylic acids is 1. The Morgan fingerprint density at radius 3 is 2.33 bits per heavy atom. The fourth-order valence-corrected chi connectivity index (χ4v) is 3.99. The molecule has 1 N–H and O–H groups in total. The number of amides is 1. The lowest BCUT2D eigenvalue weighted by molar-refractivity contribution is -0.116. The third-order valence-corrected chi connectivity index (χ3v) is 6.16. The van der Waals surface area contributed by atoms with Crippen molar-refractivity contribution in [1.82, 2.24) is 4.31 Å². The molecule has 1 aliphatic heterocycles. The van der Waals surface area contributed by atoms with E-state index in [1.807, 2.05) is 24.3 Å². The van der Waals surface area contributed by atoms with Crippen LogP contribution in [0.2, 0.25) is 0 Å². The number of ether oxygens (including phenoxy) is 1. The second kappa shape index (κ2) is 8.51. The molecule has 0 atom stereocenters. The van der Waals surface area contributed by atoms with E-state index in [9.17, 15) is 13.2 Å². The molecule has 2 aromatic carbocycles. The molecule has 1 aliphatic rings. The fraction of sp³-hybridized carbons (Fsp3) is 0.316. The third-order valence-electron chi connectivity index (χ3n) is 4.34. The van der Waals surface area contributed by atoms with E-state index < -0.39 is 15.9 Å². The van der Waals surface area contributed by atoms with E-state index in [4.69, 9.17) is 4.74 Å². The van der Waals surface area contributed by atoms with E-state index in [2.05, 4.69) is 10.2 Å². The summed E-state index contributed by atoms with van der Waals surface area (Å²) in [4.78, 5) is 14.6. The summed E-state index contributed by atoms with van der Waals surface area (Å²) in [7, 11) is -2.30. The molecule has 7 nitrogen and oxygen atoms in total. The van der Waals surface area contributed by atoms with E-state index in [-0.39, 0.29) is 11.4 Å². The summed E-state index contributed by atoms with van der Waals surface area (Å²) in [6.07, 6.45) is 0. The van der Waals surface area contributed by atoms with Crippen LogP contribution in [0.3, 0.4) is 0 Å². The summed E-state index contributed by atoms with van der Waals surface area (Å²) >= 11 is 0. The second-order valence-electron chi connectivity index (χ2n) is 6.27. The van der Waals surface area contributed by atoms with Crippen molar-refractivity contribution in [2.24, 2.45) is 0 Å². The molecule has 0 spiro atoms. The Balaban J connectivity index is 1.58. The van der Waals surface area contributed by atoms with Crippen molar-refractivity contribution in [3.63, 3.8) is 0 Å². The molecule has 144 valence electrons. The second-order valence-corrected chi connectivity index (χ2v) is 8.31. The number of benzene rings is 2. The largest absolute Gasteiger partial charge is 0.378 e. The topological polar surface area (TPSA) is 79.0 Å². The van der Waals surface area contributed by atoms with Crippen LogP contribution in [-0.4, -0.2) is 58.5 Å². The zero-order valence-corrected chi connectivity index (χ0v) is 16.0. The first-order valence-corrected chi connectivity index (χ1v) is 10.1. The average Bonchev–Trinajstić information content (AvgIpc) is 2.70. The summed E-state index contributed by atoms with van der Waals surface area (Å²) in [5.74, 6) is -0.392. The first-order chi connectivity index (χ1) is 13.0. The molecule has 1 amide bonds. The summed E-state index contributed by atoms with van der Waals surface area (Å²) in [5.41, 5.74) is 1.70. The van der Waals surface area contributed by atoms with Crippen LogP contribution in [0.4, 0.5) is 11.4 Å². The van der Waals surface area contributed by atoms with Crippen LogP contribution >= 0.6 is 0 Å². The molecule has 0 radical (unpaired) electrons. The Morgan fingerprint density at radius 2 is 1.70 bits per heavy atom. The van der Waals surface area contributed by atoms with Crippen molar-refractivity contribution in [2.75, 3.05) is 50.1 Å². The van der Waals surface area contributed by atoms with Gasteiger partial charge < -0.3 is 15.0 Å². The molecule has 2 aromatic rings. The SMILES string of the molecule is CN(CC(=O)Nc1ccc(N2CCOCC2)cc1)S(=O)(=O)c1ccccc1. The lowest BCUT2D eigenvalue weighted by Gasteiger charge is -2.28. The number of nitrogens with one attached hydrogen (secondary N) is 1. The smallest absolute Gasteiger partial charge is 0.243 e. The molecule has 1 heterocycles. The predicted molar refractivity (Wildman–Crippen MR) is 104 cm³/mol. The number of anilines is 2. The van der Waals surface area contributed by atoms with Gasteiger partial charge >= 0.3 is 0 Å². The number of rotatable bonds is 6. The van der Waals surface area contributed by atoms with Crippen molar-refractivity contribution in [3.05, 3.63) is 54.6 Å². The number of carbonyl (C=O) groups is 1. The Kier molecular flexibility index (Phi) is 6.10. The van der Waals surface area contributed by atoms with Crippen LogP contribution < -0.4 is 10.2 Å². The molecule has 0 bridgehead atoms. The van der Waals surface area contributed by atoms with Crippen molar-refractivity contribution >= 4 is 27.3 Å². The molecule has 27 heavy (non-hydrogen) atoms. The quantitative estimate of drug-likeness (QED) is 0.815. The molecule has 0 saturated carbocycles. The van der Waals surface area contributed by atoms with Crippen molar-refractivity contribution in [2.45, 2.75) is 4.90 Å². The van der Waals surface area contributed by atoms with E-state index >= 15 is 0 Å². The molecule has 0 unspecified atom stereocenters. The van der Waals surface area contributed by atoms with Crippen molar-refractivity contribution in [1.29, 1.82) is 0 Å². The van der Waals surface area contributed by atoms with Crippen molar-refractivity contribution < 1.29 is 17.9 Å². The molecule has 1 saturated heterocycles. The normalized spacial score (nSPS) is 15.0. The monoisotopic (exact) mass is 389 g/mol. The Labute approximate surface area is 159 Å². The minimum absolute atomic E-state index is 0.162. The van der Waals surface area contributed by atoms with Gasteiger partial charge in [-0.15, -0.1) is 0 Å². The van der Waals surface area contributed by atoms with E-state index in [1.54, 1.807) is 18.2 Å². The van der Waals surface area contributed by atoms with Gasteiger partial charge in [0.1, 0.15) is 0 Å². The minimum atomic E-state index is -3.69. The van der Waals surface area contributed by atoms with Crippen LogP contribution in [0.5, 0.6) is 0 Å². The highest BCUT2D eigenvalue weighted by molar-refractivity contribution is 7.89. The maximum Gasteiger partial charge on any atom is 0.243 e. The highest BCUT2D eigenvalue weighted by Gasteiger charge is 2.22. The van der Waals surface area contributed by atoms with E-state index in [0.29, 0.717) is 18.9 Å². The van der Waals surface area contributed by atoms with Gasteiger partial charge in [-0.2, -0.15) is 4.31 Å². The lowest BCUT2D eigenvalue weighted by atomic mass is 10.2. The predicted octanol–water partition coefficient (Wildman–Crippen LogP) is 1.78. The van der Waals surface area contributed by atoms with Gasteiger partial charge in [-0.3, -0.25) is 4.79 Å². The zero-order chi connectivity index (χ0) is 19.3. The Hall–Kier alpha value is -2.42. The maximum absolute atomic E-state index is 12.5. The van der Waals surface area contributed by atoms with Crippen LogP contribution in [0.15, 0.2) is 59.5 Å². The summed E-state index contributed by atoms with van der Waals surface area (Å²) in [6, 6.07) is 15.6. The molecular weight excluding hydrogens is 366 g/mol. The van der Waals surface area contributed by atoms with E-state index in [1.165, 1.54) is 19.2 Å². The summed E-state index contributed by atoms with van der Waals surface area (Å²) in [5, 5.41) is 2.74. The highest BCUT2D eigenvalue weighted by atomic mass is 32.2. The summed E-state index contributed by atoms with van der Waals surface area (Å²) in [6.45, 7) is 2.84. The standard InChI is InChI=1S/C19H23N3O4S/c1-21(27(24,25)18-5-3-2-4-6-18)15-19(23)20-16-7-9-17(10-8-16)22-11-13-26-14-12-22/h2-10H,11-15H2,1H3,(H,20,23). The van der Waals surface area contributed by atoms with Gasteiger partial charge in [0, 0.05) is 31.5 Å². The highest BCUT2D eigenvalue weighted by Crippen LogP contribution is 2.19. The molecule has 0 aromatic heterocycles. The van der Waals surface area contributed by atoms with Gasteiger partial charge in [0.15, 0.2) is 0 Å². The van der Waals surface area contributed by atoms with Crippen LogP contribution in [0.25, 0.3) is 0 Å². The van der Waals surface area contributed by atoms with Crippen molar-refractivity contribution in [3.8, 4) is 0 Å². The van der Waals surface area contributed by atoms with Crippen LogP contribution in [-0.2, 0) is 19.6 Å². The molecule has 8 heteroatoms. The lowest BCUT2D eigenvalue weighted by Crippen LogP contribution is -2.36. The Bertz CT molecular complexity index is 864. The number of likely N-dealkylation sites (N-methyl/N-ethyl adjacent to an activating group) is 1. The molecule has 3 rings (SSSR count). The first kappa shape index (κ1) is 19.3. The molecule has 0 aliphatic carbocycles. The van der Waals surface area contributed by atoms with Gasteiger partial charge in [-0.1, -0.05) is 18.2 Å². The van der Waals surface area contributed by atoms with Gasteiger partial charge in [0.2, 0.25) is 15.9 Å². The third kappa shape index (κ3) is 4.85. The fourth-order valence-electron chi connectivity index (χ4n) is 2.84. The number of morpholine rings is 1. The van der Waals surface area contributed by atoms with Crippen LogP contribution in [0.1, 0.15) is 0 Å². The zero-order valence-electron chi connectivity index (χ0n) is 15.2. The number of hydrogen-bond acceptors (Lipinski definition) is 5. The molecular formula is C19H23N3O4S. The average molecular weight is 389 g/mol. The van der Waals surface area contributed by atoms with Gasteiger partial charge in [0.25, 0.3) is 0 Å². The minimum Gasteiger partial charge on any atom is -0.378 e. The van der Waals surface area contributed by atoms with Gasteiger partial charge in [-0.25, -0.2) is 8.42 Å². The number of nitrogens with zero attached hydrogens (tertiary/aromatic N) is 2. The van der Waals surface area contributed by atoms with Crippen LogP contribution in [0, 0.1) is 0 Å². The first-order valence-electron chi connectivity index (χ1n) is 8.71. The molecule has 1 fully saturated rings. The van der Waals surface area contributed by atoms with Gasteiger partial charge in [0.05, 0.1) is 24.7 Å². The maximum atomic E-state index is 12.5. The summed E-state index contributed by atoms with van der Waals surface area (Å²) < 4.78 is 31.3. The number of sulfonamides is 1. The number of hydrogen-bond donors (Lipinski definition) is 1.